The highest BCUT2D eigenvalue weighted by Gasteiger charge is 2.41. The Balaban J connectivity index is 2.61. The number of fused-ring (bicyclic) bond motifs is 1. The Bertz CT molecular complexity index is 325. The van der Waals surface area contributed by atoms with E-state index in [2.05, 4.69) is 0 Å². The minimum atomic E-state index is -2.81. The molecule has 0 fully saturated rings. The van der Waals surface area contributed by atoms with Gasteiger partial charge in [-0.1, -0.05) is 6.07 Å². The van der Waals surface area contributed by atoms with E-state index in [9.17, 15) is 8.78 Å². The van der Waals surface area contributed by atoms with Crippen molar-refractivity contribution in [3.63, 3.8) is 0 Å². The van der Waals surface area contributed by atoms with Crippen LogP contribution in [0.25, 0.3) is 0 Å². The van der Waals surface area contributed by atoms with Gasteiger partial charge in [0.15, 0.2) is 6.61 Å². The smallest absolute Gasteiger partial charge is 0.310 e. The summed E-state index contributed by atoms with van der Waals surface area (Å²) in [6, 6.07) is 4.77. The first-order valence-corrected chi connectivity index (χ1v) is 4.49. The highest BCUT2D eigenvalue weighted by molar-refractivity contribution is 14.1. The molecule has 0 unspecified atom stereocenters. The summed E-state index contributed by atoms with van der Waals surface area (Å²) in [6.45, 7) is -0.525. The molecule has 0 radical (unpaired) electrons. The van der Waals surface area contributed by atoms with Crippen molar-refractivity contribution in [2.45, 2.75) is 5.92 Å². The molecule has 4 heteroatoms. The Morgan fingerprint density at radius 3 is 2.83 bits per heavy atom. The van der Waals surface area contributed by atoms with E-state index in [1.165, 1.54) is 6.07 Å². The monoisotopic (exact) mass is 282 g/mol. The molecular formula is C8H5F2IO. The summed E-state index contributed by atoms with van der Waals surface area (Å²) in [4.78, 5) is 0. The number of ether oxygens (including phenoxy) is 1. The lowest BCUT2D eigenvalue weighted by Crippen LogP contribution is -2.14. The second-order valence-electron chi connectivity index (χ2n) is 2.61. The quantitative estimate of drug-likeness (QED) is 0.665. The lowest BCUT2D eigenvalue weighted by molar-refractivity contribution is -0.0214. The molecule has 0 atom stereocenters. The van der Waals surface area contributed by atoms with Crippen LogP contribution in [-0.2, 0) is 5.92 Å². The normalized spacial score (nSPS) is 18.6. The van der Waals surface area contributed by atoms with Crippen LogP contribution in [0.1, 0.15) is 5.56 Å². The maximum atomic E-state index is 13.0. The van der Waals surface area contributed by atoms with Crippen molar-refractivity contribution < 1.29 is 13.5 Å². The van der Waals surface area contributed by atoms with Gasteiger partial charge in [-0.05, 0) is 34.7 Å². The van der Waals surface area contributed by atoms with Crippen LogP contribution in [0.4, 0.5) is 8.78 Å². The molecule has 1 aromatic carbocycles. The van der Waals surface area contributed by atoms with Crippen molar-refractivity contribution in [1.82, 2.24) is 0 Å². The van der Waals surface area contributed by atoms with Crippen molar-refractivity contribution in [2.24, 2.45) is 0 Å². The second-order valence-corrected chi connectivity index (χ2v) is 3.77. The molecule has 2 rings (SSSR count). The number of para-hydroxylation sites is 1. The summed E-state index contributed by atoms with van der Waals surface area (Å²) in [6.07, 6.45) is 0. The van der Waals surface area contributed by atoms with Crippen molar-refractivity contribution in [3.8, 4) is 5.75 Å². The van der Waals surface area contributed by atoms with E-state index in [1.807, 2.05) is 22.6 Å². The highest BCUT2D eigenvalue weighted by atomic mass is 127. The zero-order chi connectivity index (χ0) is 8.77. The minimum absolute atomic E-state index is 0.00870. The summed E-state index contributed by atoms with van der Waals surface area (Å²) < 4.78 is 31.6. The van der Waals surface area contributed by atoms with E-state index in [4.69, 9.17) is 4.74 Å². The Morgan fingerprint density at radius 2 is 2.17 bits per heavy atom. The number of hydrogen-bond acceptors (Lipinski definition) is 1. The van der Waals surface area contributed by atoms with Gasteiger partial charge in [0.25, 0.3) is 0 Å². The molecule has 0 aromatic heterocycles. The predicted octanol–water partition coefficient (Wildman–Crippen LogP) is 2.78. The van der Waals surface area contributed by atoms with Gasteiger partial charge in [0.2, 0.25) is 0 Å². The molecule has 0 spiro atoms. The fraction of sp³-hybridized carbons (Fsp3) is 0.250. The molecule has 0 saturated heterocycles. The number of halogens is 3. The van der Waals surface area contributed by atoms with E-state index in [1.54, 1.807) is 12.1 Å². The highest BCUT2D eigenvalue weighted by Crippen LogP contribution is 2.43. The van der Waals surface area contributed by atoms with E-state index in [0.29, 0.717) is 5.75 Å². The van der Waals surface area contributed by atoms with Gasteiger partial charge < -0.3 is 4.74 Å². The van der Waals surface area contributed by atoms with Crippen molar-refractivity contribution in [3.05, 3.63) is 27.3 Å². The molecule has 1 aliphatic rings. The molecule has 1 heterocycles. The van der Waals surface area contributed by atoms with Crippen LogP contribution in [0.15, 0.2) is 18.2 Å². The van der Waals surface area contributed by atoms with Crippen molar-refractivity contribution >= 4 is 22.6 Å². The molecule has 1 nitrogen and oxygen atoms in total. The number of hydrogen-bond donors (Lipinski definition) is 0. The summed E-state index contributed by atoms with van der Waals surface area (Å²) in [7, 11) is 0. The van der Waals surface area contributed by atoms with Crippen molar-refractivity contribution in [2.75, 3.05) is 6.61 Å². The number of alkyl halides is 2. The fourth-order valence-electron chi connectivity index (χ4n) is 1.18. The van der Waals surface area contributed by atoms with Crippen LogP contribution in [0.5, 0.6) is 5.75 Å². The molecule has 0 aliphatic carbocycles. The van der Waals surface area contributed by atoms with Gasteiger partial charge in [-0.25, -0.2) is 0 Å². The Morgan fingerprint density at radius 1 is 1.42 bits per heavy atom. The molecule has 12 heavy (non-hydrogen) atoms. The zero-order valence-corrected chi connectivity index (χ0v) is 8.14. The predicted molar refractivity (Wildman–Crippen MR) is 48.5 cm³/mol. The van der Waals surface area contributed by atoms with Gasteiger partial charge in [0.1, 0.15) is 5.75 Å². The Labute approximate surface area is 81.9 Å². The average molecular weight is 282 g/mol. The molecule has 64 valence electrons. The summed E-state index contributed by atoms with van der Waals surface area (Å²) in [5.74, 6) is -2.47. The van der Waals surface area contributed by atoms with E-state index in [0.717, 1.165) is 3.57 Å². The minimum Gasteiger partial charge on any atom is -0.485 e. The number of rotatable bonds is 0. The van der Waals surface area contributed by atoms with Gasteiger partial charge >= 0.3 is 5.92 Å². The maximum absolute atomic E-state index is 13.0. The standard InChI is InChI=1S/C8H5F2IO/c9-8(10)4-12-7-5(8)2-1-3-6(7)11/h1-3H,4H2. The second kappa shape index (κ2) is 2.55. The first-order valence-electron chi connectivity index (χ1n) is 3.41. The van der Waals surface area contributed by atoms with E-state index >= 15 is 0 Å². The third-order valence-corrected chi connectivity index (χ3v) is 2.61. The summed E-state index contributed by atoms with van der Waals surface area (Å²) in [5, 5.41) is 0. The first kappa shape index (κ1) is 8.22. The largest absolute Gasteiger partial charge is 0.485 e. The van der Waals surface area contributed by atoms with Gasteiger partial charge in [-0.3, -0.25) is 0 Å². The Kier molecular flexibility index (Phi) is 1.75. The van der Waals surface area contributed by atoms with Crippen LogP contribution in [-0.4, -0.2) is 6.61 Å². The summed E-state index contributed by atoms with van der Waals surface area (Å²) in [5.41, 5.74) is 0.00870. The molecule has 1 aromatic rings. The molecule has 1 aliphatic heterocycles. The average Bonchev–Trinajstić information content (AvgIpc) is 2.30. The van der Waals surface area contributed by atoms with E-state index in [-0.39, 0.29) is 5.56 Å². The third-order valence-electron chi connectivity index (χ3n) is 1.76. The van der Waals surface area contributed by atoms with Crippen LogP contribution in [0.2, 0.25) is 0 Å². The van der Waals surface area contributed by atoms with E-state index < -0.39 is 12.5 Å². The molecular weight excluding hydrogens is 277 g/mol. The van der Waals surface area contributed by atoms with Gasteiger partial charge in [0.05, 0.1) is 9.13 Å². The lowest BCUT2D eigenvalue weighted by Gasteiger charge is -2.05. The molecule has 0 saturated carbocycles. The molecule has 0 bridgehead atoms. The van der Waals surface area contributed by atoms with Crippen LogP contribution < -0.4 is 4.74 Å². The topological polar surface area (TPSA) is 9.23 Å². The Hall–Kier alpha value is -0.390. The summed E-state index contributed by atoms with van der Waals surface area (Å²) >= 11 is 1.98. The van der Waals surface area contributed by atoms with Gasteiger partial charge in [-0.15, -0.1) is 0 Å². The van der Waals surface area contributed by atoms with Crippen LogP contribution in [0, 0.1) is 3.57 Å². The zero-order valence-electron chi connectivity index (χ0n) is 5.98. The fourth-order valence-corrected chi connectivity index (χ4v) is 1.84. The third kappa shape index (κ3) is 1.09. The lowest BCUT2D eigenvalue weighted by atomic mass is 10.1. The van der Waals surface area contributed by atoms with Gasteiger partial charge in [-0.2, -0.15) is 8.78 Å². The SMILES string of the molecule is FC1(F)COc2c(I)cccc21. The first-order chi connectivity index (χ1) is 5.61. The van der Waals surface area contributed by atoms with Crippen molar-refractivity contribution in [1.29, 1.82) is 0 Å². The van der Waals surface area contributed by atoms with Crippen LogP contribution >= 0.6 is 22.6 Å². The van der Waals surface area contributed by atoms with Gasteiger partial charge in [0, 0.05) is 0 Å². The molecule has 0 amide bonds. The van der Waals surface area contributed by atoms with Crippen LogP contribution in [0.3, 0.4) is 0 Å². The maximum Gasteiger partial charge on any atom is 0.310 e. The molecule has 0 N–H and O–H groups in total. The number of benzene rings is 1.